The molecule has 0 radical (unpaired) electrons. The van der Waals surface area contributed by atoms with Crippen LogP contribution >= 0.6 is 23.2 Å². The maximum absolute atomic E-state index is 11.4. The molecule has 17 heavy (non-hydrogen) atoms. The summed E-state index contributed by atoms with van der Waals surface area (Å²) in [6.45, 7) is 0. The minimum absolute atomic E-state index is 0.0568. The standard InChI is InChI=1S/C11H13Cl2NO2S/c12-8-1-2-9(10(13)5-8)11(14)7-3-4-17(15,16)6-7/h1-2,5,7,11H,3-4,6,14H2. The molecule has 94 valence electrons. The number of hydrogen-bond donors (Lipinski definition) is 1. The maximum Gasteiger partial charge on any atom is 0.150 e. The Labute approximate surface area is 111 Å². The zero-order valence-electron chi connectivity index (χ0n) is 9.07. The molecule has 1 aliphatic rings. The maximum atomic E-state index is 11.4. The lowest BCUT2D eigenvalue weighted by Crippen LogP contribution is -2.22. The molecule has 3 nitrogen and oxygen atoms in total. The van der Waals surface area contributed by atoms with Crippen molar-refractivity contribution >= 4 is 33.0 Å². The summed E-state index contributed by atoms with van der Waals surface area (Å²) in [6.07, 6.45) is 0.600. The molecule has 1 fully saturated rings. The van der Waals surface area contributed by atoms with Crippen LogP contribution in [0.25, 0.3) is 0 Å². The average molecular weight is 294 g/mol. The summed E-state index contributed by atoms with van der Waals surface area (Å²) in [4.78, 5) is 0. The van der Waals surface area contributed by atoms with Gasteiger partial charge in [-0.25, -0.2) is 8.42 Å². The highest BCUT2D eigenvalue weighted by Gasteiger charge is 2.33. The van der Waals surface area contributed by atoms with Gasteiger partial charge >= 0.3 is 0 Å². The molecule has 0 aromatic heterocycles. The van der Waals surface area contributed by atoms with E-state index >= 15 is 0 Å². The quantitative estimate of drug-likeness (QED) is 0.911. The van der Waals surface area contributed by atoms with E-state index in [9.17, 15) is 8.42 Å². The van der Waals surface area contributed by atoms with E-state index in [4.69, 9.17) is 28.9 Å². The van der Waals surface area contributed by atoms with Crippen LogP contribution in [0.4, 0.5) is 0 Å². The SMILES string of the molecule is NC(c1ccc(Cl)cc1Cl)C1CCS(=O)(=O)C1. The van der Waals surface area contributed by atoms with Crippen molar-refractivity contribution in [3.8, 4) is 0 Å². The first kappa shape index (κ1) is 13.1. The molecule has 6 heteroatoms. The van der Waals surface area contributed by atoms with Crippen LogP contribution in [0.15, 0.2) is 18.2 Å². The normalized spacial score (nSPS) is 24.8. The van der Waals surface area contributed by atoms with Gasteiger partial charge in [-0.3, -0.25) is 0 Å². The zero-order chi connectivity index (χ0) is 12.6. The molecule has 2 rings (SSSR count). The first-order valence-electron chi connectivity index (χ1n) is 5.30. The average Bonchev–Trinajstić information content (AvgIpc) is 2.58. The predicted molar refractivity (Wildman–Crippen MR) is 70.2 cm³/mol. The Hall–Kier alpha value is -0.290. The summed E-state index contributed by atoms with van der Waals surface area (Å²) in [5, 5.41) is 1.04. The van der Waals surface area contributed by atoms with Crippen LogP contribution in [0.1, 0.15) is 18.0 Å². The fraction of sp³-hybridized carbons (Fsp3) is 0.455. The molecule has 0 amide bonds. The van der Waals surface area contributed by atoms with Crippen molar-refractivity contribution in [1.29, 1.82) is 0 Å². The lowest BCUT2D eigenvalue weighted by Gasteiger charge is -2.19. The lowest BCUT2D eigenvalue weighted by molar-refractivity contribution is 0.480. The van der Waals surface area contributed by atoms with E-state index in [-0.39, 0.29) is 23.5 Å². The van der Waals surface area contributed by atoms with Crippen LogP contribution in [0.3, 0.4) is 0 Å². The first-order chi connectivity index (χ1) is 7.89. The molecule has 2 atom stereocenters. The Kier molecular flexibility index (Phi) is 3.69. The van der Waals surface area contributed by atoms with Crippen LogP contribution in [-0.4, -0.2) is 19.9 Å². The number of benzene rings is 1. The zero-order valence-corrected chi connectivity index (χ0v) is 11.4. The third kappa shape index (κ3) is 2.94. The second kappa shape index (κ2) is 4.76. The third-order valence-corrected chi connectivity index (χ3v) is 5.45. The summed E-state index contributed by atoms with van der Waals surface area (Å²) in [5.74, 6) is 0.308. The van der Waals surface area contributed by atoms with Gasteiger partial charge in [0.1, 0.15) is 0 Å². The third-order valence-electron chi connectivity index (χ3n) is 3.10. The Balaban J connectivity index is 2.23. The minimum Gasteiger partial charge on any atom is -0.324 e. The van der Waals surface area contributed by atoms with Crippen molar-refractivity contribution in [2.24, 2.45) is 11.7 Å². The highest BCUT2D eigenvalue weighted by molar-refractivity contribution is 7.91. The van der Waals surface area contributed by atoms with Gasteiger partial charge in [-0.05, 0) is 30.0 Å². The van der Waals surface area contributed by atoms with Crippen molar-refractivity contribution < 1.29 is 8.42 Å². The molecular formula is C11H13Cl2NO2S. The predicted octanol–water partition coefficient (Wildman–Crippen LogP) is 2.43. The molecule has 1 aromatic carbocycles. The summed E-state index contributed by atoms with van der Waals surface area (Å²) in [5.41, 5.74) is 6.84. The molecule has 1 aliphatic heterocycles. The Bertz CT molecular complexity index is 530. The molecule has 0 spiro atoms. The molecule has 1 heterocycles. The van der Waals surface area contributed by atoms with E-state index in [1.165, 1.54) is 0 Å². The Morgan fingerprint density at radius 2 is 2.06 bits per heavy atom. The molecule has 2 N–H and O–H groups in total. The summed E-state index contributed by atoms with van der Waals surface area (Å²) in [6, 6.07) is 4.76. The Morgan fingerprint density at radius 3 is 2.59 bits per heavy atom. The van der Waals surface area contributed by atoms with Crippen LogP contribution in [0.2, 0.25) is 10.0 Å². The summed E-state index contributed by atoms with van der Waals surface area (Å²) in [7, 11) is -2.92. The van der Waals surface area contributed by atoms with Gasteiger partial charge in [-0.15, -0.1) is 0 Å². The van der Waals surface area contributed by atoms with Gasteiger partial charge in [0.05, 0.1) is 11.5 Å². The molecule has 1 saturated heterocycles. The van der Waals surface area contributed by atoms with Gasteiger partial charge < -0.3 is 5.73 Å². The second-order valence-corrected chi connectivity index (χ2v) is 7.43. The van der Waals surface area contributed by atoms with Gasteiger partial charge in [0.2, 0.25) is 0 Å². The summed E-state index contributed by atoms with van der Waals surface area (Å²) < 4.78 is 22.8. The summed E-state index contributed by atoms with van der Waals surface area (Å²) >= 11 is 11.9. The van der Waals surface area contributed by atoms with Crippen LogP contribution in [-0.2, 0) is 9.84 Å². The van der Waals surface area contributed by atoms with Crippen molar-refractivity contribution in [1.82, 2.24) is 0 Å². The van der Waals surface area contributed by atoms with Gasteiger partial charge in [0, 0.05) is 16.1 Å². The number of hydrogen-bond acceptors (Lipinski definition) is 3. The van der Waals surface area contributed by atoms with E-state index in [0.717, 1.165) is 5.56 Å². The fourth-order valence-electron chi connectivity index (χ4n) is 2.13. The molecule has 1 aromatic rings. The topological polar surface area (TPSA) is 60.2 Å². The number of sulfone groups is 1. The largest absolute Gasteiger partial charge is 0.324 e. The van der Waals surface area contributed by atoms with Crippen molar-refractivity contribution in [3.63, 3.8) is 0 Å². The fourth-order valence-corrected chi connectivity index (χ4v) is 4.52. The van der Waals surface area contributed by atoms with E-state index < -0.39 is 9.84 Å². The monoisotopic (exact) mass is 293 g/mol. The minimum atomic E-state index is -2.92. The van der Waals surface area contributed by atoms with Crippen LogP contribution in [0, 0.1) is 5.92 Å². The molecule has 2 unspecified atom stereocenters. The highest BCUT2D eigenvalue weighted by Crippen LogP contribution is 2.34. The van der Waals surface area contributed by atoms with Crippen LogP contribution < -0.4 is 5.73 Å². The van der Waals surface area contributed by atoms with E-state index in [1.807, 2.05) is 0 Å². The lowest BCUT2D eigenvalue weighted by atomic mass is 9.93. The Morgan fingerprint density at radius 1 is 1.35 bits per heavy atom. The smallest absolute Gasteiger partial charge is 0.150 e. The molecule has 0 aliphatic carbocycles. The number of nitrogens with two attached hydrogens (primary N) is 1. The van der Waals surface area contributed by atoms with Gasteiger partial charge in [0.25, 0.3) is 0 Å². The molecule has 0 bridgehead atoms. The van der Waals surface area contributed by atoms with E-state index in [2.05, 4.69) is 0 Å². The van der Waals surface area contributed by atoms with Gasteiger partial charge in [-0.1, -0.05) is 29.3 Å². The van der Waals surface area contributed by atoms with Crippen molar-refractivity contribution in [3.05, 3.63) is 33.8 Å². The van der Waals surface area contributed by atoms with Crippen molar-refractivity contribution in [2.45, 2.75) is 12.5 Å². The number of halogens is 2. The molecule has 0 saturated carbocycles. The van der Waals surface area contributed by atoms with Gasteiger partial charge in [-0.2, -0.15) is 0 Å². The first-order valence-corrected chi connectivity index (χ1v) is 7.88. The van der Waals surface area contributed by atoms with Crippen molar-refractivity contribution in [2.75, 3.05) is 11.5 Å². The van der Waals surface area contributed by atoms with E-state index in [0.29, 0.717) is 16.5 Å². The second-order valence-electron chi connectivity index (χ2n) is 4.35. The van der Waals surface area contributed by atoms with E-state index in [1.54, 1.807) is 18.2 Å². The van der Waals surface area contributed by atoms with Gasteiger partial charge in [0.15, 0.2) is 9.84 Å². The molecular weight excluding hydrogens is 281 g/mol. The number of rotatable bonds is 2. The highest BCUT2D eigenvalue weighted by atomic mass is 35.5. The van der Waals surface area contributed by atoms with Crippen LogP contribution in [0.5, 0.6) is 0 Å².